The number of aromatic amines is 1. The number of thioether (sulfide) groups is 1. The van der Waals surface area contributed by atoms with Gasteiger partial charge in [-0.2, -0.15) is 0 Å². The van der Waals surface area contributed by atoms with Crippen molar-refractivity contribution in [1.82, 2.24) is 15.2 Å². The maximum Gasteiger partial charge on any atom is 0.234 e. The average Bonchev–Trinajstić information content (AvgIpc) is 3.24. The largest absolute Gasteiger partial charge is 0.495 e. The number of rotatable bonds is 6. The molecule has 2 N–H and O–H groups in total. The first kappa shape index (κ1) is 15.8. The maximum absolute atomic E-state index is 12.0. The summed E-state index contributed by atoms with van der Waals surface area (Å²) >= 11 is 1.28. The van der Waals surface area contributed by atoms with Crippen molar-refractivity contribution in [3.05, 3.63) is 30.1 Å². The molecule has 1 amide bonds. The lowest BCUT2D eigenvalue weighted by molar-refractivity contribution is -0.113. The molecule has 0 radical (unpaired) electrons. The Morgan fingerprint density at radius 1 is 1.52 bits per heavy atom. The Labute approximate surface area is 138 Å². The Bertz CT molecular complexity index is 670. The number of ether oxygens (including phenoxy) is 2. The van der Waals surface area contributed by atoms with Crippen LogP contribution in [0.3, 0.4) is 0 Å². The summed E-state index contributed by atoms with van der Waals surface area (Å²) in [6.07, 6.45) is 1.99. The van der Waals surface area contributed by atoms with Crippen LogP contribution in [0.2, 0.25) is 0 Å². The van der Waals surface area contributed by atoms with Gasteiger partial charge in [-0.3, -0.25) is 9.89 Å². The molecule has 1 saturated heterocycles. The number of anilines is 1. The molecule has 1 aromatic heterocycles. The van der Waals surface area contributed by atoms with Crippen molar-refractivity contribution >= 4 is 23.4 Å². The van der Waals surface area contributed by atoms with Gasteiger partial charge in [0.25, 0.3) is 0 Å². The fourth-order valence-corrected chi connectivity index (χ4v) is 2.93. The van der Waals surface area contributed by atoms with Crippen LogP contribution in [-0.2, 0) is 9.53 Å². The minimum atomic E-state index is -0.136. The number of hydrogen-bond acceptors (Lipinski definition) is 6. The molecule has 3 rings (SSSR count). The highest BCUT2D eigenvalue weighted by Crippen LogP contribution is 2.27. The first-order chi connectivity index (χ1) is 11.3. The van der Waals surface area contributed by atoms with Crippen molar-refractivity contribution in [3.63, 3.8) is 0 Å². The topological polar surface area (TPSA) is 89.1 Å². The number of hydrogen-bond donors (Lipinski definition) is 2. The van der Waals surface area contributed by atoms with Crippen molar-refractivity contribution in [2.75, 3.05) is 24.8 Å². The smallest absolute Gasteiger partial charge is 0.234 e. The lowest BCUT2D eigenvalue weighted by atomic mass is 10.2. The lowest BCUT2D eigenvalue weighted by Crippen LogP contribution is -2.14. The third kappa shape index (κ3) is 4.02. The molecule has 1 aliphatic heterocycles. The van der Waals surface area contributed by atoms with E-state index in [1.807, 2.05) is 12.1 Å². The number of nitrogens with zero attached hydrogens (tertiary/aromatic N) is 2. The zero-order valence-corrected chi connectivity index (χ0v) is 13.6. The van der Waals surface area contributed by atoms with Crippen LogP contribution in [0.4, 0.5) is 5.69 Å². The Balaban J connectivity index is 1.52. The van der Waals surface area contributed by atoms with Gasteiger partial charge >= 0.3 is 0 Å². The highest BCUT2D eigenvalue weighted by Gasteiger charge is 2.21. The van der Waals surface area contributed by atoms with Crippen molar-refractivity contribution in [2.24, 2.45) is 0 Å². The molecule has 8 heteroatoms. The van der Waals surface area contributed by atoms with Gasteiger partial charge in [0.15, 0.2) is 5.82 Å². The molecule has 0 aliphatic carbocycles. The minimum Gasteiger partial charge on any atom is -0.495 e. The summed E-state index contributed by atoms with van der Waals surface area (Å²) < 4.78 is 10.8. The van der Waals surface area contributed by atoms with E-state index < -0.39 is 0 Å². The Kier molecular flexibility index (Phi) is 5.14. The number of H-pyrrole nitrogens is 1. The minimum absolute atomic E-state index is 0.000688. The molecule has 1 atom stereocenters. The van der Waals surface area contributed by atoms with Gasteiger partial charge in [-0.15, -0.1) is 5.10 Å². The number of carbonyl (C=O) groups is 1. The van der Waals surface area contributed by atoms with E-state index in [2.05, 4.69) is 20.5 Å². The van der Waals surface area contributed by atoms with Crippen molar-refractivity contribution in [3.8, 4) is 5.75 Å². The maximum atomic E-state index is 12.0. The molecule has 23 heavy (non-hydrogen) atoms. The Morgan fingerprint density at radius 2 is 2.39 bits per heavy atom. The van der Waals surface area contributed by atoms with Crippen LogP contribution in [0, 0.1) is 0 Å². The molecule has 1 fully saturated rings. The second kappa shape index (κ2) is 7.47. The van der Waals surface area contributed by atoms with Gasteiger partial charge in [0.2, 0.25) is 11.1 Å². The van der Waals surface area contributed by atoms with Crippen molar-refractivity contribution in [2.45, 2.75) is 24.1 Å². The number of methoxy groups -OCH3 is 1. The summed E-state index contributed by atoms with van der Waals surface area (Å²) in [6, 6.07) is 7.29. The molecule has 0 unspecified atom stereocenters. The molecular formula is C15H18N4O3S. The number of nitrogens with one attached hydrogen (secondary N) is 2. The van der Waals surface area contributed by atoms with Crippen LogP contribution in [0.25, 0.3) is 0 Å². The van der Waals surface area contributed by atoms with Crippen LogP contribution in [0.5, 0.6) is 5.75 Å². The van der Waals surface area contributed by atoms with E-state index in [0.29, 0.717) is 16.6 Å². The van der Waals surface area contributed by atoms with Gasteiger partial charge in [0, 0.05) is 6.61 Å². The standard InChI is InChI=1S/C15H18N4O3S/c1-21-11-6-3-2-5-10(11)16-13(20)9-23-15-17-14(18-19-15)12-7-4-8-22-12/h2-3,5-6,12H,4,7-9H2,1H3,(H,16,20)(H,17,18,19)/t12-/m1/s1. The SMILES string of the molecule is COc1ccccc1NC(=O)CSc1n[nH]c([C@H]2CCCO2)n1. The van der Waals surface area contributed by atoms with Gasteiger partial charge < -0.3 is 14.8 Å². The zero-order valence-electron chi connectivity index (χ0n) is 12.7. The first-order valence-corrected chi connectivity index (χ1v) is 8.34. The van der Waals surface area contributed by atoms with Gasteiger partial charge in [0.1, 0.15) is 11.9 Å². The molecule has 0 spiro atoms. The number of amides is 1. The van der Waals surface area contributed by atoms with Crippen molar-refractivity contribution < 1.29 is 14.3 Å². The van der Waals surface area contributed by atoms with E-state index in [1.165, 1.54) is 11.8 Å². The van der Waals surface area contributed by atoms with Crippen LogP contribution in [0.15, 0.2) is 29.4 Å². The third-order valence-electron chi connectivity index (χ3n) is 3.43. The van der Waals surface area contributed by atoms with E-state index in [4.69, 9.17) is 9.47 Å². The van der Waals surface area contributed by atoms with Gasteiger partial charge in [-0.05, 0) is 25.0 Å². The third-order valence-corrected chi connectivity index (χ3v) is 4.28. The summed E-state index contributed by atoms with van der Waals surface area (Å²) in [6.45, 7) is 0.759. The van der Waals surface area contributed by atoms with Crippen LogP contribution in [-0.4, -0.2) is 40.6 Å². The van der Waals surface area contributed by atoms with Gasteiger partial charge in [0.05, 0.1) is 18.6 Å². The summed E-state index contributed by atoms with van der Waals surface area (Å²) in [4.78, 5) is 16.4. The van der Waals surface area contributed by atoms with Gasteiger partial charge in [-0.25, -0.2) is 4.98 Å². The van der Waals surface area contributed by atoms with Crippen LogP contribution >= 0.6 is 11.8 Å². The van der Waals surface area contributed by atoms with E-state index in [1.54, 1.807) is 19.2 Å². The Hall–Kier alpha value is -2.06. The Morgan fingerprint density at radius 3 is 3.17 bits per heavy atom. The fourth-order valence-electron chi connectivity index (χ4n) is 2.32. The van der Waals surface area contributed by atoms with Crippen LogP contribution in [0.1, 0.15) is 24.8 Å². The molecule has 0 bridgehead atoms. The number of carbonyl (C=O) groups excluding carboxylic acids is 1. The monoisotopic (exact) mass is 334 g/mol. The second-order valence-electron chi connectivity index (χ2n) is 5.04. The number of para-hydroxylation sites is 2. The highest BCUT2D eigenvalue weighted by molar-refractivity contribution is 7.99. The molecule has 7 nitrogen and oxygen atoms in total. The predicted octanol–water partition coefficient (Wildman–Crippen LogP) is 2.40. The summed E-state index contributed by atoms with van der Waals surface area (Å²) in [5.41, 5.74) is 0.649. The molecular weight excluding hydrogens is 316 g/mol. The molecule has 2 heterocycles. The fraction of sp³-hybridized carbons (Fsp3) is 0.400. The summed E-state index contributed by atoms with van der Waals surface area (Å²) in [7, 11) is 1.57. The van der Waals surface area contributed by atoms with E-state index in [9.17, 15) is 4.79 Å². The molecule has 1 aliphatic rings. The molecule has 2 aromatic rings. The number of benzene rings is 1. The zero-order chi connectivity index (χ0) is 16.1. The predicted molar refractivity (Wildman–Crippen MR) is 86.7 cm³/mol. The van der Waals surface area contributed by atoms with E-state index in [0.717, 1.165) is 25.3 Å². The average molecular weight is 334 g/mol. The van der Waals surface area contributed by atoms with Crippen LogP contribution < -0.4 is 10.1 Å². The molecule has 1 aromatic carbocycles. The highest BCUT2D eigenvalue weighted by atomic mass is 32.2. The van der Waals surface area contributed by atoms with Gasteiger partial charge in [-0.1, -0.05) is 23.9 Å². The normalized spacial score (nSPS) is 17.2. The van der Waals surface area contributed by atoms with Crippen molar-refractivity contribution in [1.29, 1.82) is 0 Å². The molecule has 122 valence electrons. The second-order valence-corrected chi connectivity index (χ2v) is 5.98. The number of aromatic nitrogens is 3. The lowest BCUT2D eigenvalue weighted by Gasteiger charge is -2.08. The van der Waals surface area contributed by atoms with E-state index >= 15 is 0 Å². The molecule has 0 saturated carbocycles. The quantitative estimate of drug-likeness (QED) is 0.789. The summed E-state index contributed by atoms with van der Waals surface area (Å²) in [5, 5.41) is 10.4. The van der Waals surface area contributed by atoms with E-state index in [-0.39, 0.29) is 17.8 Å². The first-order valence-electron chi connectivity index (χ1n) is 7.36. The summed E-state index contributed by atoms with van der Waals surface area (Å²) in [5.74, 6) is 1.45.